The quantitative estimate of drug-likeness (QED) is 0.757. The van der Waals surface area contributed by atoms with Crippen molar-refractivity contribution in [3.63, 3.8) is 0 Å². The second kappa shape index (κ2) is 7.11. The first-order valence-electron chi connectivity index (χ1n) is 8.73. The molecule has 1 atom stereocenters. The van der Waals surface area contributed by atoms with Crippen molar-refractivity contribution < 1.29 is 22.3 Å². The van der Waals surface area contributed by atoms with E-state index in [1.165, 1.54) is 11.0 Å². The highest BCUT2D eigenvalue weighted by molar-refractivity contribution is 5.54. The first-order chi connectivity index (χ1) is 11.8. The molecule has 2 saturated heterocycles. The molecular weight excluding hydrogens is 336 g/mol. The van der Waals surface area contributed by atoms with E-state index in [1.54, 1.807) is 6.07 Å². The van der Waals surface area contributed by atoms with E-state index >= 15 is 0 Å². The van der Waals surface area contributed by atoms with Crippen LogP contribution in [0.5, 0.6) is 0 Å². The second-order valence-electron chi connectivity index (χ2n) is 7.11. The minimum absolute atomic E-state index is 0.0200. The molecule has 0 unspecified atom stereocenters. The Kier molecular flexibility index (Phi) is 5.25. The van der Waals surface area contributed by atoms with E-state index in [-0.39, 0.29) is 19.1 Å². The molecule has 3 nitrogen and oxygen atoms in total. The Hall–Kier alpha value is -1.34. The molecule has 0 radical (unpaired) electrons. The van der Waals surface area contributed by atoms with E-state index in [1.807, 2.05) is 13.8 Å². The van der Waals surface area contributed by atoms with Crippen LogP contribution in [-0.2, 0) is 11.3 Å². The van der Waals surface area contributed by atoms with Crippen LogP contribution in [0.3, 0.4) is 0 Å². The molecule has 7 heteroatoms. The SMILES string of the molecule is CC(C)c1c(F)cc(N2CCOC[C@@H]2C(F)(F)F)cc1CN1CCC1. The van der Waals surface area contributed by atoms with Gasteiger partial charge in [-0.25, -0.2) is 4.39 Å². The minimum atomic E-state index is -4.41. The molecule has 2 fully saturated rings. The van der Waals surface area contributed by atoms with Crippen molar-refractivity contribution >= 4 is 5.69 Å². The zero-order valence-electron chi connectivity index (χ0n) is 14.6. The molecule has 1 aromatic carbocycles. The fraction of sp³-hybridized carbons (Fsp3) is 0.667. The summed E-state index contributed by atoms with van der Waals surface area (Å²) in [6.07, 6.45) is -3.30. The third-order valence-corrected chi connectivity index (χ3v) is 4.96. The first kappa shape index (κ1) is 18.5. The number of likely N-dealkylation sites (tertiary alicyclic amines) is 1. The van der Waals surface area contributed by atoms with E-state index in [0.717, 1.165) is 25.1 Å². The van der Waals surface area contributed by atoms with Crippen molar-refractivity contribution in [3.05, 3.63) is 29.1 Å². The van der Waals surface area contributed by atoms with Gasteiger partial charge in [0.05, 0.1) is 13.2 Å². The van der Waals surface area contributed by atoms with E-state index in [0.29, 0.717) is 17.8 Å². The molecule has 2 heterocycles. The number of morpholine rings is 1. The summed E-state index contributed by atoms with van der Waals surface area (Å²) < 4.78 is 59.8. The van der Waals surface area contributed by atoms with Gasteiger partial charge >= 0.3 is 6.18 Å². The molecule has 0 bridgehead atoms. The summed E-state index contributed by atoms with van der Waals surface area (Å²) in [5, 5.41) is 0. The van der Waals surface area contributed by atoms with Crippen LogP contribution in [0.2, 0.25) is 0 Å². The lowest BCUT2D eigenvalue weighted by Gasteiger charge is -2.39. The monoisotopic (exact) mass is 360 g/mol. The third kappa shape index (κ3) is 3.92. The average molecular weight is 360 g/mol. The normalized spacial score (nSPS) is 22.4. The molecule has 140 valence electrons. The van der Waals surface area contributed by atoms with E-state index in [4.69, 9.17) is 4.74 Å². The van der Waals surface area contributed by atoms with Gasteiger partial charge in [-0.1, -0.05) is 13.8 Å². The lowest BCUT2D eigenvalue weighted by atomic mass is 9.94. The lowest BCUT2D eigenvalue weighted by molar-refractivity contribution is -0.167. The fourth-order valence-electron chi connectivity index (χ4n) is 3.57. The summed E-state index contributed by atoms with van der Waals surface area (Å²) in [5.74, 6) is -0.441. The number of anilines is 1. The van der Waals surface area contributed by atoms with E-state index in [2.05, 4.69) is 4.90 Å². The minimum Gasteiger partial charge on any atom is -0.377 e. The number of alkyl halides is 3. The summed E-state index contributed by atoms with van der Waals surface area (Å²) >= 11 is 0. The molecule has 2 aliphatic heterocycles. The predicted octanol–water partition coefficient (Wildman–Crippen LogP) is 3.92. The third-order valence-electron chi connectivity index (χ3n) is 4.96. The van der Waals surface area contributed by atoms with Gasteiger partial charge in [-0.3, -0.25) is 4.90 Å². The zero-order chi connectivity index (χ0) is 18.2. The Balaban J connectivity index is 1.97. The molecule has 3 rings (SSSR count). The molecule has 2 aliphatic rings. The van der Waals surface area contributed by atoms with E-state index in [9.17, 15) is 17.6 Å². The molecule has 0 aromatic heterocycles. The molecule has 0 aliphatic carbocycles. The van der Waals surface area contributed by atoms with Crippen LogP contribution in [0.15, 0.2) is 12.1 Å². The van der Waals surface area contributed by atoms with E-state index < -0.39 is 24.6 Å². The Morgan fingerprint density at radius 3 is 2.48 bits per heavy atom. The molecule has 0 spiro atoms. The molecule has 1 aromatic rings. The van der Waals surface area contributed by atoms with Crippen LogP contribution in [0.1, 0.15) is 37.3 Å². The highest BCUT2D eigenvalue weighted by Crippen LogP contribution is 2.35. The largest absolute Gasteiger partial charge is 0.411 e. The number of ether oxygens (including phenoxy) is 1. The Bertz CT molecular complexity index is 614. The maximum absolute atomic E-state index is 14.8. The van der Waals surface area contributed by atoms with Crippen molar-refractivity contribution in [1.82, 2.24) is 4.90 Å². The number of hydrogen-bond donors (Lipinski definition) is 0. The van der Waals surface area contributed by atoms with Crippen LogP contribution in [0.25, 0.3) is 0 Å². The summed E-state index contributed by atoms with van der Waals surface area (Å²) in [6, 6.07) is 1.25. The standard InChI is InChI=1S/C18H24F4N2O/c1-12(2)17-13(10-23-4-3-5-23)8-14(9-15(17)19)24-6-7-25-11-16(24)18(20,21)22/h8-9,12,16H,3-7,10-11H2,1-2H3/t16-/m1/s1. The molecule has 0 amide bonds. The Labute approximate surface area is 145 Å². The van der Waals surface area contributed by atoms with Crippen molar-refractivity contribution in [2.75, 3.05) is 37.7 Å². The summed E-state index contributed by atoms with van der Waals surface area (Å²) in [4.78, 5) is 3.42. The molecule has 25 heavy (non-hydrogen) atoms. The number of hydrogen-bond acceptors (Lipinski definition) is 3. The predicted molar refractivity (Wildman–Crippen MR) is 88.4 cm³/mol. The molecular formula is C18H24F4N2O. The summed E-state index contributed by atoms with van der Waals surface area (Å²) in [7, 11) is 0. The van der Waals surface area contributed by atoms with Crippen LogP contribution in [0.4, 0.5) is 23.2 Å². The second-order valence-corrected chi connectivity index (χ2v) is 7.11. The fourth-order valence-corrected chi connectivity index (χ4v) is 3.57. The Morgan fingerprint density at radius 2 is 1.92 bits per heavy atom. The zero-order valence-corrected chi connectivity index (χ0v) is 14.6. The summed E-state index contributed by atoms with van der Waals surface area (Å²) in [6.45, 7) is 6.20. The summed E-state index contributed by atoms with van der Waals surface area (Å²) in [5.41, 5.74) is 1.69. The van der Waals surface area contributed by atoms with Gasteiger partial charge in [-0.15, -0.1) is 0 Å². The van der Waals surface area contributed by atoms with Gasteiger partial charge < -0.3 is 9.64 Å². The number of rotatable bonds is 4. The van der Waals surface area contributed by atoms with Crippen LogP contribution in [0, 0.1) is 5.82 Å². The maximum atomic E-state index is 14.8. The van der Waals surface area contributed by atoms with Gasteiger partial charge in [0.2, 0.25) is 0 Å². The van der Waals surface area contributed by atoms with Crippen molar-refractivity contribution in [3.8, 4) is 0 Å². The van der Waals surface area contributed by atoms with Crippen molar-refractivity contribution in [2.24, 2.45) is 0 Å². The number of nitrogens with zero attached hydrogens (tertiary/aromatic N) is 2. The van der Waals surface area contributed by atoms with Crippen LogP contribution < -0.4 is 4.90 Å². The van der Waals surface area contributed by atoms with Gasteiger partial charge in [-0.05, 0) is 48.7 Å². The number of benzene rings is 1. The lowest BCUT2D eigenvalue weighted by Crippen LogP contribution is -2.53. The highest BCUT2D eigenvalue weighted by atomic mass is 19.4. The van der Waals surface area contributed by atoms with Crippen molar-refractivity contribution in [2.45, 2.75) is 44.9 Å². The van der Waals surface area contributed by atoms with Gasteiger partial charge in [0.1, 0.15) is 11.9 Å². The molecule has 0 N–H and O–H groups in total. The van der Waals surface area contributed by atoms with Crippen LogP contribution >= 0.6 is 0 Å². The maximum Gasteiger partial charge on any atom is 0.411 e. The van der Waals surface area contributed by atoms with Gasteiger partial charge in [0.25, 0.3) is 0 Å². The molecule has 0 saturated carbocycles. The smallest absolute Gasteiger partial charge is 0.377 e. The van der Waals surface area contributed by atoms with Crippen molar-refractivity contribution in [1.29, 1.82) is 0 Å². The topological polar surface area (TPSA) is 15.7 Å². The number of halogens is 4. The van der Waals surface area contributed by atoms with Crippen LogP contribution in [-0.4, -0.2) is 50.0 Å². The average Bonchev–Trinajstić information content (AvgIpc) is 2.49. The van der Waals surface area contributed by atoms with Gasteiger partial charge in [-0.2, -0.15) is 13.2 Å². The Morgan fingerprint density at radius 1 is 1.20 bits per heavy atom. The van der Waals surface area contributed by atoms with Gasteiger partial charge in [0.15, 0.2) is 0 Å². The van der Waals surface area contributed by atoms with Gasteiger partial charge in [0, 0.05) is 18.8 Å². The highest BCUT2D eigenvalue weighted by Gasteiger charge is 2.45. The first-order valence-corrected chi connectivity index (χ1v) is 8.73.